The quantitative estimate of drug-likeness (QED) is 0.884. The zero-order valence-corrected chi connectivity index (χ0v) is 11.0. The van der Waals surface area contributed by atoms with Gasteiger partial charge in [-0.25, -0.2) is 9.89 Å². The maximum Gasteiger partial charge on any atom is 0.340 e. The van der Waals surface area contributed by atoms with E-state index in [-0.39, 0.29) is 5.69 Å². The molecular weight excluding hydrogens is 240 g/mol. The second-order valence-electron chi connectivity index (χ2n) is 5.07. The van der Waals surface area contributed by atoms with E-state index < -0.39 is 0 Å². The van der Waals surface area contributed by atoms with E-state index in [9.17, 15) is 4.79 Å². The van der Waals surface area contributed by atoms with Crippen LogP contribution in [-0.4, -0.2) is 33.2 Å². The average molecular weight is 258 g/mol. The first-order valence-corrected chi connectivity index (χ1v) is 6.73. The van der Waals surface area contributed by atoms with Crippen LogP contribution in [0.3, 0.4) is 0 Å². The maximum absolute atomic E-state index is 11.1. The van der Waals surface area contributed by atoms with Gasteiger partial charge in [0.1, 0.15) is 0 Å². The van der Waals surface area contributed by atoms with Gasteiger partial charge in [-0.2, -0.15) is 5.10 Å². The molecule has 0 radical (unpaired) electrons. The molecule has 5 nitrogen and oxygen atoms in total. The standard InChI is InChI=1S/C14H18N4O/c1-10(18-7-2-3-8-18)11-5-4-6-12(9-11)13-15-14(19)17-16-13/h4-6,9-10H,2-3,7-8H2,1H3,(H2,15,16,17,19). The highest BCUT2D eigenvalue weighted by atomic mass is 16.1. The normalized spacial score (nSPS) is 17.7. The summed E-state index contributed by atoms with van der Waals surface area (Å²) in [5.74, 6) is 0.598. The second-order valence-corrected chi connectivity index (χ2v) is 5.07. The monoisotopic (exact) mass is 258 g/mol. The van der Waals surface area contributed by atoms with E-state index in [2.05, 4.69) is 39.1 Å². The summed E-state index contributed by atoms with van der Waals surface area (Å²) in [4.78, 5) is 16.3. The molecule has 2 heterocycles. The lowest BCUT2D eigenvalue weighted by molar-refractivity contribution is 0.263. The Morgan fingerprint density at radius 1 is 1.32 bits per heavy atom. The number of rotatable bonds is 3. The molecule has 2 aromatic rings. The van der Waals surface area contributed by atoms with E-state index in [1.165, 1.54) is 31.5 Å². The van der Waals surface area contributed by atoms with Crippen LogP contribution in [0.25, 0.3) is 11.4 Å². The van der Waals surface area contributed by atoms with Crippen molar-refractivity contribution in [1.82, 2.24) is 20.1 Å². The molecule has 2 N–H and O–H groups in total. The minimum absolute atomic E-state index is 0.270. The molecule has 0 saturated carbocycles. The maximum atomic E-state index is 11.1. The van der Waals surface area contributed by atoms with Crippen LogP contribution >= 0.6 is 0 Å². The Morgan fingerprint density at radius 2 is 2.11 bits per heavy atom. The summed E-state index contributed by atoms with van der Waals surface area (Å²) in [7, 11) is 0. The molecule has 0 bridgehead atoms. The van der Waals surface area contributed by atoms with Gasteiger partial charge in [-0.15, -0.1) is 0 Å². The van der Waals surface area contributed by atoms with E-state index in [1.807, 2.05) is 12.1 Å². The third-order valence-corrected chi connectivity index (χ3v) is 3.83. The van der Waals surface area contributed by atoms with Crippen molar-refractivity contribution in [3.05, 3.63) is 40.3 Å². The zero-order chi connectivity index (χ0) is 13.2. The van der Waals surface area contributed by atoms with Crippen molar-refractivity contribution < 1.29 is 0 Å². The minimum Gasteiger partial charge on any atom is -0.297 e. The van der Waals surface area contributed by atoms with Gasteiger partial charge in [0.15, 0.2) is 5.82 Å². The van der Waals surface area contributed by atoms with Gasteiger partial charge in [0, 0.05) is 11.6 Å². The van der Waals surface area contributed by atoms with E-state index in [0.717, 1.165) is 5.56 Å². The SMILES string of the molecule is CC(c1cccc(-c2n[nH]c(=O)[nH]2)c1)N1CCCC1. The van der Waals surface area contributed by atoms with Crippen LogP contribution in [0.1, 0.15) is 31.4 Å². The second kappa shape index (κ2) is 5.01. The Kier molecular flexibility index (Phi) is 3.21. The summed E-state index contributed by atoms with van der Waals surface area (Å²) in [6.45, 7) is 4.58. The molecule has 1 unspecified atom stereocenters. The molecule has 5 heteroatoms. The fourth-order valence-electron chi connectivity index (χ4n) is 2.69. The largest absolute Gasteiger partial charge is 0.340 e. The molecule has 1 aliphatic rings. The summed E-state index contributed by atoms with van der Waals surface area (Å²) >= 11 is 0. The Balaban J connectivity index is 1.89. The lowest BCUT2D eigenvalue weighted by Crippen LogP contribution is -2.23. The number of hydrogen-bond acceptors (Lipinski definition) is 3. The van der Waals surface area contributed by atoms with Crippen LogP contribution in [0, 0.1) is 0 Å². The molecule has 1 aliphatic heterocycles. The molecule has 1 saturated heterocycles. The Morgan fingerprint density at radius 3 is 2.79 bits per heavy atom. The smallest absolute Gasteiger partial charge is 0.297 e. The first-order chi connectivity index (χ1) is 9.24. The van der Waals surface area contributed by atoms with Crippen LogP contribution in [0.15, 0.2) is 29.1 Å². The summed E-state index contributed by atoms with van der Waals surface area (Å²) in [5.41, 5.74) is 1.94. The van der Waals surface area contributed by atoms with Crippen LogP contribution in [0.4, 0.5) is 0 Å². The predicted molar refractivity (Wildman–Crippen MR) is 73.9 cm³/mol. The predicted octanol–water partition coefficient (Wildman–Crippen LogP) is 1.92. The highest BCUT2D eigenvalue weighted by molar-refractivity contribution is 5.55. The Bertz CT molecular complexity index is 610. The summed E-state index contributed by atoms with van der Waals surface area (Å²) in [6, 6.07) is 8.64. The fraction of sp³-hybridized carbons (Fsp3) is 0.429. The number of benzene rings is 1. The van der Waals surface area contributed by atoms with E-state index in [4.69, 9.17) is 0 Å². The third-order valence-electron chi connectivity index (χ3n) is 3.83. The van der Waals surface area contributed by atoms with Crippen LogP contribution in [0.2, 0.25) is 0 Å². The molecule has 0 amide bonds. The van der Waals surface area contributed by atoms with E-state index in [1.54, 1.807) is 0 Å². The van der Waals surface area contributed by atoms with E-state index >= 15 is 0 Å². The molecule has 0 spiro atoms. The molecule has 1 aromatic heterocycles. The van der Waals surface area contributed by atoms with Crippen LogP contribution in [-0.2, 0) is 0 Å². The Hall–Kier alpha value is -1.88. The minimum atomic E-state index is -0.270. The average Bonchev–Trinajstić information content (AvgIpc) is 3.09. The fourth-order valence-corrected chi connectivity index (χ4v) is 2.69. The molecule has 3 rings (SSSR count). The molecule has 1 fully saturated rings. The van der Waals surface area contributed by atoms with Crippen molar-refractivity contribution in [2.24, 2.45) is 0 Å². The first kappa shape index (κ1) is 12.2. The first-order valence-electron chi connectivity index (χ1n) is 6.73. The lowest BCUT2D eigenvalue weighted by Gasteiger charge is -2.24. The third kappa shape index (κ3) is 2.46. The number of nitrogens with zero attached hydrogens (tertiary/aromatic N) is 2. The summed E-state index contributed by atoms with van der Waals surface area (Å²) < 4.78 is 0. The molecule has 100 valence electrons. The van der Waals surface area contributed by atoms with Crippen molar-refractivity contribution in [2.75, 3.05) is 13.1 Å². The highest BCUT2D eigenvalue weighted by Gasteiger charge is 2.19. The zero-order valence-electron chi connectivity index (χ0n) is 11.0. The molecule has 1 aromatic carbocycles. The van der Waals surface area contributed by atoms with Gasteiger partial charge in [0.2, 0.25) is 0 Å². The van der Waals surface area contributed by atoms with Gasteiger partial charge in [-0.1, -0.05) is 18.2 Å². The molecule has 1 atom stereocenters. The van der Waals surface area contributed by atoms with Crippen molar-refractivity contribution >= 4 is 0 Å². The summed E-state index contributed by atoms with van der Waals surface area (Å²) in [6.07, 6.45) is 2.58. The number of nitrogens with one attached hydrogen (secondary N) is 2. The summed E-state index contributed by atoms with van der Waals surface area (Å²) in [5, 5.41) is 6.38. The molecule has 19 heavy (non-hydrogen) atoms. The number of hydrogen-bond donors (Lipinski definition) is 2. The van der Waals surface area contributed by atoms with Gasteiger partial charge in [-0.05, 0) is 44.5 Å². The van der Waals surface area contributed by atoms with Gasteiger partial charge < -0.3 is 0 Å². The van der Waals surface area contributed by atoms with Crippen molar-refractivity contribution in [2.45, 2.75) is 25.8 Å². The molecular formula is C14H18N4O. The van der Waals surface area contributed by atoms with Gasteiger partial charge in [-0.3, -0.25) is 9.88 Å². The number of likely N-dealkylation sites (tertiary alicyclic amines) is 1. The topological polar surface area (TPSA) is 64.8 Å². The lowest BCUT2D eigenvalue weighted by atomic mass is 10.0. The van der Waals surface area contributed by atoms with Gasteiger partial charge >= 0.3 is 5.69 Å². The van der Waals surface area contributed by atoms with Gasteiger partial charge in [0.25, 0.3) is 0 Å². The number of aromatic nitrogens is 3. The van der Waals surface area contributed by atoms with Crippen molar-refractivity contribution in [3.8, 4) is 11.4 Å². The molecule has 0 aliphatic carbocycles. The van der Waals surface area contributed by atoms with Crippen LogP contribution < -0.4 is 5.69 Å². The number of H-pyrrole nitrogens is 2. The van der Waals surface area contributed by atoms with Gasteiger partial charge in [0.05, 0.1) is 0 Å². The Labute approximate surface area is 111 Å². The van der Waals surface area contributed by atoms with Crippen molar-refractivity contribution in [3.63, 3.8) is 0 Å². The van der Waals surface area contributed by atoms with E-state index in [0.29, 0.717) is 11.9 Å². The highest BCUT2D eigenvalue weighted by Crippen LogP contribution is 2.26. The van der Waals surface area contributed by atoms with Crippen molar-refractivity contribution in [1.29, 1.82) is 0 Å². The number of aromatic amines is 2. The van der Waals surface area contributed by atoms with Crippen LogP contribution in [0.5, 0.6) is 0 Å².